The number of furan rings is 1. The van der Waals surface area contributed by atoms with E-state index in [1.807, 2.05) is 0 Å². The van der Waals surface area contributed by atoms with Crippen LogP contribution in [0.3, 0.4) is 0 Å². The fraction of sp³-hybridized carbons (Fsp3) is 0.0625. The second kappa shape index (κ2) is 6.02. The van der Waals surface area contributed by atoms with Crippen LogP contribution in [0.1, 0.15) is 10.4 Å². The van der Waals surface area contributed by atoms with E-state index in [0.717, 1.165) is 0 Å². The highest BCUT2D eigenvalue weighted by molar-refractivity contribution is 7.93. The van der Waals surface area contributed by atoms with E-state index in [0.29, 0.717) is 0 Å². The quantitative estimate of drug-likeness (QED) is 0.636. The molecule has 0 radical (unpaired) electrons. The number of benzene rings is 2. The lowest BCUT2D eigenvalue weighted by Gasteiger charge is -2.14. The molecule has 0 bridgehead atoms. The van der Waals surface area contributed by atoms with Gasteiger partial charge in [-0.2, -0.15) is 0 Å². The number of fused-ring (bicyclic) bond motifs is 1. The van der Waals surface area contributed by atoms with E-state index in [4.69, 9.17) is 9.15 Å². The highest BCUT2D eigenvalue weighted by Crippen LogP contribution is 2.43. The zero-order valence-corrected chi connectivity index (χ0v) is 13.7. The van der Waals surface area contributed by atoms with Crippen LogP contribution >= 0.6 is 0 Å². The molecule has 0 atom stereocenters. The van der Waals surface area contributed by atoms with Crippen molar-refractivity contribution >= 4 is 32.6 Å². The van der Waals surface area contributed by atoms with Gasteiger partial charge in [-0.1, -0.05) is 18.2 Å². The minimum Gasteiger partial charge on any atom is -0.505 e. The number of carboxylic acid groups (broad SMARTS) is 1. The van der Waals surface area contributed by atoms with Crippen molar-refractivity contribution < 1.29 is 32.6 Å². The number of rotatable bonds is 5. The smallest absolute Gasteiger partial charge is 0.343 e. The van der Waals surface area contributed by atoms with Crippen molar-refractivity contribution in [2.45, 2.75) is 4.90 Å². The van der Waals surface area contributed by atoms with Crippen molar-refractivity contribution in [3.8, 4) is 11.5 Å². The minimum atomic E-state index is -4.33. The first-order valence-corrected chi connectivity index (χ1v) is 8.46. The van der Waals surface area contributed by atoms with E-state index in [-0.39, 0.29) is 22.4 Å². The monoisotopic (exact) mass is 363 g/mol. The number of hydrogen-bond acceptors (Lipinski definition) is 6. The van der Waals surface area contributed by atoms with Gasteiger partial charge in [0.05, 0.1) is 18.8 Å². The van der Waals surface area contributed by atoms with E-state index in [2.05, 4.69) is 4.72 Å². The topological polar surface area (TPSA) is 126 Å². The fourth-order valence-electron chi connectivity index (χ4n) is 2.50. The van der Waals surface area contributed by atoms with E-state index in [9.17, 15) is 23.4 Å². The first-order chi connectivity index (χ1) is 11.9. The van der Waals surface area contributed by atoms with Gasteiger partial charge in [0.25, 0.3) is 10.0 Å². The molecule has 130 valence electrons. The molecule has 3 N–H and O–H groups in total. The summed E-state index contributed by atoms with van der Waals surface area (Å²) < 4.78 is 38.0. The van der Waals surface area contributed by atoms with Gasteiger partial charge in [-0.05, 0) is 18.2 Å². The Hall–Kier alpha value is -3.20. The lowest BCUT2D eigenvalue weighted by molar-refractivity contribution is 0.0690. The molecular formula is C16H13NO7S. The Morgan fingerprint density at radius 3 is 2.48 bits per heavy atom. The molecular weight excluding hydrogens is 350 g/mol. The number of sulfonamides is 1. The van der Waals surface area contributed by atoms with Crippen LogP contribution in [-0.2, 0) is 10.0 Å². The standard InChI is InChI=1S/C16H13NO7S/c1-23-13-10-7-8-24-14(10)15(12(18)11(13)16(19)20)25(21,22)17-9-5-3-2-4-6-9/h2-8,17-18H,1H3,(H,19,20). The summed E-state index contributed by atoms with van der Waals surface area (Å²) in [5.74, 6) is -2.68. The van der Waals surface area contributed by atoms with Crippen LogP contribution in [-0.4, -0.2) is 31.7 Å². The molecule has 9 heteroatoms. The Morgan fingerprint density at radius 2 is 1.88 bits per heavy atom. The average Bonchev–Trinajstić information content (AvgIpc) is 3.02. The van der Waals surface area contributed by atoms with Crippen molar-refractivity contribution in [1.82, 2.24) is 0 Å². The predicted octanol–water partition coefficient (Wildman–Crippen LogP) is 2.65. The Kier molecular flexibility index (Phi) is 4.01. The van der Waals surface area contributed by atoms with E-state index < -0.39 is 32.2 Å². The largest absolute Gasteiger partial charge is 0.505 e. The van der Waals surface area contributed by atoms with Crippen molar-refractivity contribution in [1.29, 1.82) is 0 Å². The SMILES string of the molecule is COc1c(C(=O)O)c(O)c(S(=O)(=O)Nc2ccccc2)c2occc12. The first-order valence-electron chi connectivity index (χ1n) is 6.98. The highest BCUT2D eigenvalue weighted by atomic mass is 32.2. The van der Waals surface area contributed by atoms with Crippen LogP contribution in [0.2, 0.25) is 0 Å². The van der Waals surface area contributed by atoms with Gasteiger partial charge in [0.15, 0.2) is 16.2 Å². The maximum atomic E-state index is 12.7. The number of nitrogens with one attached hydrogen (secondary N) is 1. The molecule has 0 aliphatic heterocycles. The number of anilines is 1. The van der Waals surface area contributed by atoms with Crippen LogP contribution in [0.5, 0.6) is 11.5 Å². The van der Waals surface area contributed by atoms with Crippen molar-refractivity contribution in [3.63, 3.8) is 0 Å². The van der Waals surface area contributed by atoms with E-state index in [1.54, 1.807) is 18.2 Å². The molecule has 25 heavy (non-hydrogen) atoms. The van der Waals surface area contributed by atoms with Gasteiger partial charge in [0.1, 0.15) is 11.3 Å². The third-order valence-corrected chi connectivity index (χ3v) is 4.93. The second-order valence-electron chi connectivity index (χ2n) is 5.03. The van der Waals surface area contributed by atoms with Crippen molar-refractivity contribution in [2.24, 2.45) is 0 Å². The molecule has 0 aliphatic carbocycles. The van der Waals surface area contributed by atoms with Gasteiger partial charge in [-0.25, -0.2) is 13.2 Å². The van der Waals surface area contributed by atoms with Crippen LogP contribution in [0.15, 0.2) is 52.0 Å². The molecule has 0 unspecified atom stereocenters. The molecule has 3 aromatic rings. The third kappa shape index (κ3) is 2.74. The highest BCUT2D eigenvalue weighted by Gasteiger charge is 2.33. The van der Waals surface area contributed by atoms with Gasteiger partial charge in [-0.15, -0.1) is 0 Å². The molecule has 1 heterocycles. The van der Waals surface area contributed by atoms with E-state index in [1.165, 1.54) is 31.6 Å². The van der Waals surface area contributed by atoms with Crippen molar-refractivity contribution in [3.05, 3.63) is 48.2 Å². The fourth-order valence-corrected chi connectivity index (χ4v) is 3.81. The van der Waals surface area contributed by atoms with Gasteiger partial charge in [-0.3, -0.25) is 4.72 Å². The number of para-hydroxylation sites is 1. The molecule has 0 spiro atoms. The number of aromatic hydroxyl groups is 1. The van der Waals surface area contributed by atoms with Crippen molar-refractivity contribution in [2.75, 3.05) is 11.8 Å². The Morgan fingerprint density at radius 1 is 1.20 bits per heavy atom. The van der Waals surface area contributed by atoms with Gasteiger partial charge < -0.3 is 19.4 Å². The first kappa shape index (κ1) is 16.7. The summed E-state index contributed by atoms with van der Waals surface area (Å²) in [6.45, 7) is 0. The minimum absolute atomic E-state index is 0.117. The lowest BCUT2D eigenvalue weighted by Crippen LogP contribution is -2.15. The number of hydrogen-bond donors (Lipinski definition) is 3. The average molecular weight is 363 g/mol. The Balaban J connectivity index is 2.31. The van der Waals surface area contributed by atoms with Crippen LogP contribution in [0.4, 0.5) is 5.69 Å². The summed E-state index contributed by atoms with van der Waals surface area (Å²) in [4.78, 5) is 10.8. The predicted molar refractivity (Wildman–Crippen MR) is 88.6 cm³/mol. The van der Waals surface area contributed by atoms with Crippen LogP contribution in [0.25, 0.3) is 11.0 Å². The third-order valence-electron chi connectivity index (χ3n) is 3.51. The molecule has 0 aliphatic rings. The summed E-state index contributed by atoms with van der Waals surface area (Å²) in [5.41, 5.74) is -0.623. The maximum absolute atomic E-state index is 12.7. The molecule has 3 rings (SSSR count). The van der Waals surface area contributed by atoms with E-state index >= 15 is 0 Å². The van der Waals surface area contributed by atoms with Gasteiger partial charge in [0.2, 0.25) is 0 Å². The summed E-state index contributed by atoms with van der Waals surface area (Å²) in [5, 5.41) is 19.8. The number of carbonyl (C=O) groups is 1. The summed E-state index contributed by atoms with van der Waals surface area (Å²) >= 11 is 0. The Bertz CT molecular complexity index is 1060. The molecule has 0 saturated heterocycles. The van der Waals surface area contributed by atoms with Gasteiger partial charge >= 0.3 is 5.97 Å². The molecule has 0 amide bonds. The zero-order valence-electron chi connectivity index (χ0n) is 12.9. The normalized spacial score (nSPS) is 11.4. The molecule has 1 aromatic heterocycles. The Labute approximate surface area is 142 Å². The zero-order chi connectivity index (χ0) is 18.2. The lowest BCUT2D eigenvalue weighted by atomic mass is 10.1. The molecule has 0 fully saturated rings. The van der Waals surface area contributed by atoms with Gasteiger partial charge in [0, 0.05) is 5.69 Å². The summed E-state index contributed by atoms with van der Waals surface area (Å²) in [7, 11) is -3.12. The number of carboxylic acids is 1. The summed E-state index contributed by atoms with van der Waals surface area (Å²) in [6.07, 6.45) is 1.18. The molecule has 8 nitrogen and oxygen atoms in total. The van der Waals surface area contributed by atoms with Crippen LogP contribution in [0, 0.1) is 0 Å². The molecule has 2 aromatic carbocycles. The molecule has 0 saturated carbocycles. The van der Waals surface area contributed by atoms with Crippen LogP contribution < -0.4 is 9.46 Å². The number of phenols is 1. The number of methoxy groups -OCH3 is 1. The number of ether oxygens (including phenoxy) is 1. The maximum Gasteiger partial charge on any atom is 0.343 e. The number of aromatic carboxylic acids is 1. The second-order valence-corrected chi connectivity index (χ2v) is 6.65. The summed E-state index contributed by atoms with van der Waals surface area (Å²) in [6, 6.07) is 9.33.